The van der Waals surface area contributed by atoms with Gasteiger partial charge >= 0.3 is 0 Å². The normalized spacial score (nSPS) is 18.7. The van der Waals surface area contributed by atoms with E-state index in [0.29, 0.717) is 45.4 Å². The van der Waals surface area contributed by atoms with Gasteiger partial charge in [-0.15, -0.1) is 0 Å². The van der Waals surface area contributed by atoms with Gasteiger partial charge in [-0.25, -0.2) is 0 Å². The van der Waals surface area contributed by atoms with Gasteiger partial charge in [0.25, 0.3) is 10.2 Å². The number of piperidine rings is 1. The Kier molecular flexibility index (Phi) is 6.18. The van der Waals surface area contributed by atoms with E-state index >= 15 is 0 Å². The number of nitrogens with two attached hydrogens (primary N) is 1. The fourth-order valence-corrected chi connectivity index (χ4v) is 3.61. The molecule has 1 aliphatic heterocycles. The molecule has 1 amide bonds. The van der Waals surface area contributed by atoms with Crippen LogP contribution in [0.25, 0.3) is 0 Å². The molecule has 0 aromatic rings. The molecule has 3 N–H and O–H groups in total. The van der Waals surface area contributed by atoms with Crippen molar-refractivity contribution in [3.8, 4) is 0 Å². The van der Waals surface area contributed by atoms with E-state index in [1.54, 1.807) is 14.1 Å². The molecule has 1 aliphatic rings. The second-order valence-electron chi connectivity index (χ2n) is 4.76. The number of hydrogen-bond acceptors (Lipinski definition) is 4. The summed E-state index contributed by atoms with van der Waals surface area (Å²) in [5.41, 5.74) is 5.39. The zero-order valence-corrected chi connectivity index (χ0v) is 12.4. The first-order chi connectivity index (χ1) is 8.93. The van der Waals surface area contributed by atoms with Gasteiger partial charge in [-0.1, -0.05) is 0 Å². The summed E-state index contributed by atoms with van der Waals surface area (Å²) in [7, 11) is -0.242. The van der Waals surface area contributed by atoms with Gasteiger partial charge in [0.15, 0.2) is 0 Å². The van der Waals surface area contributed by atoms with Gasteiger partial charge in [0.2, 0.25) is 5.91 Å². The summed E-state index contributed by atoms with van der Waals surface area (Å²) >= 11 is 0. The molecule has 1 saturated heterocycles. The second-order valence-corrected chi connectivity index (χ2v) is 6.79. The molecule has 19 heavy (non-hydrogen) atoms. The standard InChI is InChI=1S/C11H24N4O3S/c1-13-11(16)10-4-8-15(9-5-10)19(17,18)14(2)7-3-6-12/h10H,3-9,12H2,1-2H3,(H,13,16). The molecule has 1 rings (SSSR count). The third kappa shape index (κ3) is 4.13. The summed E-state index contributed by atoms with van der Waals surface area (Å²) in [4.78, 5) is 11.5. The topological polar surface area (TPSA) is 95.7 Å². The lowest BCUT2D eigenvalue weighted by atomic mass is 9.97. The van der Waals surface area contributed by atoms with Crippen molar-refractivity contribution in [3.63, 3.8) is 0 Å². The summed E-state index contributed by atoms with van der Waals surface area (Å²) < 4.78 is 27.3. The molecule has 0 bridgehead atoms. The van der Waals surface area contributed by atoms with Crippen LogP contribution in [0.4, 0.5) is 0 Å². The molecule has 0 saturated carbocycles. The van der Waals surface area contributed by atoms with E-state index in [4.69, 9.17) is 5.73 Å². The van der Waals surface area contributed by atoms with Crippen LogP contribution in [0.5, 0.6) is 0 Å². The highest BCUT2D eigenvalue weighted by Crippen LogP contribution is 2.21. The number of nitrogens with zero attached hydrogens (tertiary/aromatic N) is 2. The maximum atomic E-state index is 12.2. The summed E-state index contributed by atoms with van der Waals surface area (Å²) in [6.07, 6.45) is 1.79. The Hall–Kier alpha value is -0.700. The van der Waals surface area contributed by atoms with Crippen molar-refractivity contribution < 1.29 is 13.2 Å². The van der Waals surface area contributed by atoms with E-state index in [-0.39, 0.29) is 11.8 Å². The lowest BCUT2D eigenvalue weighted by Crippen LogP contribution is -2.47. The lowest BCUT2D eigenvalue weighted by molar-refractivity contribution is -0.125. The monoisotopic (exact) mass is 292 g/mol. The predicted molar refractivity (Wildman–Crippen MR) is 73.6 cm³/mol. The Labute approximate surface area is 115 Å². The summed E-state index contributed by atoms with van der Waals surface area (Å²) in [6.45, 7) is 1.69. The van der Waals surface area contributed by atoms with E-state index in [1.807, 2.05) is 0 Å². The number of carbonyl (C=O) groups excluding carboxylic acids is 1. The predicted octanol–water partition coefficient (Wildman–Crippen LogP) is -1.03. The number of hydrogen-bond donors (Lipinski definition) is 2. The fraction of sp³-hybridized carbons (Fsp3) is 0.909. The van der Waals surface area contributed by atoms with E-state index in [0.717, 1.165) is 0 Å². The molecule has 0 radical (unpaired) electrons. The highest BCUT2D eigenvalue weighted by Gasteiger charge is 2.32. The van der Waals surface area contributed by atoms with Crippen LogP contribution < -0.4 is 11.1 Å². The van der Waals surface area contributed by atoms with Crippen LogP contribution in [0, 0.1) is 5.92 Å². The first kappa shape index (κ1) is 16.4. The maximum Gasteiger partial charge on any atom is 0.281 e. The van der Waals surface area contributed by atoms with Crippen LogP contribution in [-0.4, -0.2) is 63.2 Å². The molecule has 0 aromatic heterocycles. The zero-order chi connectivity index (χ0) is 14.5. The van der Waals surface area contributed by atoms with Crippen molar-refractivity contribution in [1.29, 1.82) is 0 Å². The van der Waals surface area contributed by atoms with Gasteiger partial charge < -0.3 is 11.1 Å². The van der Waals surface area contributed by atoms with Crippen LogP contribution in [-0.2, 0) is 15.0 Å². The highest BCUT2D eigenvalue weighted by atomic mass is 32.2. The molecule has 0 atom stereocenters. The third-order valence-electron chi connectivity index (χ3n) is 3.47. The van der Waals surface area contributed by atoms with Gasteiger partial charge in [0.1, 0.15) is 0 Å². The number of rotatable bonds is 6. The molecule has 0 spiro atoms. The molecule has 112 valence electrons. The van der Waals surface area contributed by atoms with Gasteiger partial charge in [-0.2, -0.15) is 17.0 Å². The molecule has 8 heteroatoms. The quantitative estimate of drug-likeness (QED) is 0.654. The Morgan fingerprint density at radius 3 is 2.47 bits per heavy atom. The molecule has 0 aliphatic carbocycles. The van der Waals surface area contributed by atoms with E-state index in [2.05, 4.69) is 5.32 Å². The molecule has 7 nitrogen and oxygen atoms in total. The smallest absolute Gasteiger partial charge is 0.281 e. The fourth-order valence-electron chi connectivity index (χ4n) is 2.18. The average molecular weight is 292 g/mol. The van der Waals surface area contributed by atoms with Gasteiger partial charge in [0, 0.05) is 39.6 Å². The number of nitrogens with one attached hydrogen (secondary N) is 1. The first-order valence-corrected chi connectivity index (χ1v) is 7.96. The first-order valence-electron chi connectivity index (χ1n) is 6.56. The van der Waals surface area contributed by atoms with Crippen LogP contribution in [0.3, 0.4) is 0 Å². The minimum Gasteiger partial charge on any atom is -0.359 e. The van der Waals surface area contributed by atoms with E-state index in [1.165, 1.54) is 8.61 Å². The highest BCUT2D eigenvalue weighted by molar-refractivity contribution is 7.86. The van der Waals surface area contributed by atoms with Crippen LogP contribution in [0.2, 0.25) is 0 Å². The number of carbonyl (C=O) groups is 1. The summed E-state index contributed by atoms with van der Waals surface area (Å²) in [6, 6.07) is 0. The summed E-state index contributed by atoms with van der Waals surface area (Å²) in [5.74, 6) is -0.0840. The van der Waals surface area contributed by atoms with Gasteiger partial charge in [-0.05, 0) is 25.8 Å². The largest absolute Gasteiger partial charge is 0.359 e. The molecule has 1 heterocycles. The second kappa shape index (κ2) is 7.18. The zero-order valence-electron chi connectivity index (χ0n) is 11.6. The van der Waals surface area contributed by atoms with Crippen LogP contribution >= 0.6 is 0 Å². The molecule has 0 aromatic carbocycles. The lowest BCUT2D eigenvalue weighted by Gasteiger charge is -2.33. The molecular weight excluding hydrogens is 268 g/mol. The third-order valence-corrected chi connectivity index (χ3v) is 5.46. The maximum absolute atomic E-state index is 12.2. The van der Waals surface area contributed by atoms with Gasteiger partial charge in [-0.3, -0.25) is 4.79 Å². The van der Waals surface area contributed by atoms with E-state index < -0.39 is 10.2 Å². The van der Waals surface area contributed by atoms with E-state index in [9.17, 15) is 13.2 Å². The molecule has 1 fully saturated rings. The van der Waals surface area contributed by atoms with Crippen molar-refractivity contribution in [2.24, 2.45) is 11.7 Å². The van der Waals surface area contributed by atoms with Crippen molar-refractivity contribution in [3.05, 3.63) is 0 Å². The van der Waals surface area contributed by atoms with Crippen LogP contribution in [0.1, 0.15) is 19.3 Å². The van der Waals surface area contributed by atoms with Crippen molar-refractivity contribution >= 4 is 16.1 Å². The molecule has 0 unspecified atom stereocenters. The molecular formula is C11H24N4O3S. The Morgan fingerprint density at radius 1 is 1.42 bits per heavy atom. The van der Waals surface area contributed by atoms with Crippen molar-refractivity contribution in [2.75, 3.05) is 40.3 Å². The average Bonchev–Trinajstić information content (AvgIpc) is 2.43. The Bertz CT molecular complexity index is 391. The van der Waals surface area contributed by atoms with Crippen molar-refractivity contribution in [1.82, 2.24) is 13.9 Å². The summed E-state index contributed by atoms with van der Waals surface area (Å²) in [5, 5.41) is 2.61. The number of amides is 1. The van der Waals surface area contributed by atoms with Crippen molar-refractivity contribution in [2.45, 2.75) is 19.3 Å². The van der Waals surface area contributed by atoms with Gasteiger partial charge in [0.05, 0.1) is 0 Å². The minimum atomic E-state index is -3.41. The Morgan fingerprint density at radius 2 is 2.00 bits per heavy atom. The Balaban J connectivity index is 2.56. The SMILES string of the molecule is CNC(=O)C1CCN(S(=O)(=O)N(C)CCCN)CC1. The minimum absolute atomic E-state index is 0.00599. The van der Waals surface area contributed by atoms with Crippen LogP contribution in [0.15, 0.2) is 0 Å².